The third-order valence-electron chi connectivity index (χ3n) is 4.83. The van der Waals surface area contributed by atoms with Crippen LogP contribution in [-0.2, 0) is 4.79 Å². The lowest BCUT2D eigenvalue weighted by Gasteiger charge is -2.14. The lowest BCUT2D eigenvalue weighted by Crippen LogP contribution is -2.33. The van der Waals surface area contributed by atoms with Crippen LogP contribution in [0.5, 0.6) is 0 Å². The third kappa shape index (κ3) is 5.95. The maximum Gasteiger partial charge on any atom is 0.270 e. The number of halogens is 1. The van der Waals surface area contributed by atoms with E-state index in [1.165, 1.54) is 18.2 Å². The van der Waals surface area contributed by atoms with Crippen LogP contribution in [0.1, 0.15) is 27.0 Å². The van der Waals surface area contributed by atoms with Crippen molar-refractivity contribution in [1.29, 1.82) is 0 Å². The molecule has 170 valence electrons. The van der Waals surface area contributed by atoms with E-state index in [-0.39, 0.29) is 22.7 Å². The molecule has 3 aromatic rings. The Balaban J connectivity index is 1.78. The van der Waals surface area contributed by atoms with Gasteiger partial charge in [-0.05, 0) is 50.1 Å². The maximum absolute atomic E-state index is 14.1. The first-order chi connectivity index (χ1) is 15.7. The molecule has 0 radical (unpaired) electrons. The summed E-state index contributed by atoms with van der Waals surface area (Å²) in [6.45, 7) is 5.38. The zero-order valence-electron chi connectivity index (χ0n) is 18.3. The number of hydrogen-bond acceptors (Lipinski definition) is 5. The molecule has 0 aliphatic carbocycles. The van der Waals surface area contributed by atoms with Crippen LogP contribution in [0.2, 0.25) is 0 Å². The van der Waals surface area contributed by atoms with E-state index < -0.39 is 22.6 Å². The minimum absolute atomic E-state index is 0.0204. The smallest absolute Gasteiger partial charge is 0.270 e. The first-order valence-electron chi connectivity index (χ1n) is 10.0. The summed E-state index contributed by atoms with van der Waals surface area (Å²) in [5, 5.41) is 16.5. The van der Waals surface area contributed by atoms with Crippen molar-refractivity contribution in [2.75, 3.05) is 11.9 Å². The maximum atomic E-state index is 14.1. The summed E-state index contributed by atoms with van der Waals surface area (Å²) in [6, 6.07) is 13.7. The Bertz CT molecular complexity index is 1220. The number of anilines is 1. The van der Waals surface area contributed by atoms with Gasteiger partial charge in [-0.1, -0.05) is 41.6 Å². The highest BCUT2D eigenvalue weighted by atomic mass is 32.2. The summed E-state index contributed by atoms with van der Waals surface area (Å²) in [5.74, 6) is -1.59. The molecule has 0 atom stereocenters. The van der Waals surface area contributed by atoms with Gasteiger partial charge in [0.2, 0.25) is 5.91 Å². The number of aryl methyl sites for hydroxylation is 3. The minimum Gasteiger partial charge on any atom is -0.343 e. The van der Waals surface area contributed by atoms with Crippen LogP contribution in [0.4, 0.5) is 15.8 Å². The molecule has 0 aliphatic heterocycles. The van der Waals surface area contributed by atoms with Gasteiger partial charge in [0, 0.05) is 27.6 Å². The van der Waals surface area contributed by atoms with Crippen molar-refractivity contribution in [3.63, 3.8) is 0 Å². The summed E-state index contributed by atoms with van der Waals surface area (Å²) in [4.78, 5) is 36.4. The number of nitro benzene ring substituents is 1. The number of carbonyl (C=O) groups excluding carboxylic acids is 2. The van der Waals surface area contributed by atoms with Crippen molar-refractivity contribution < 1.29 is 18.9 Å². The highest BCUT2D eigenvalue weighted by molar-refractivity contribution is 7.99. The van der Waals surface area contributed by atoms with Crippen molar-refractivity contribution in [3.8, 4) is 0 Å². The lowest BCUT2D eigenvalue weighted by molar-refractivity contribution is -0.384. The average Bonchev–Trinajstić information content (AvgIpc) is 2.76. The summed E-state index contributed by atoms with van der Waals surface area (Å²) in [7, 11) is 0. The Morgan fingerprint density at radius 3 is 2.30 bits per heavy atom. The van der Waals surface area contributed by atoms with E-state index in [9.17, 15) is 24.1 Å². The Morgan fingerprint density at radius 1 is 1.00 bits per heavy atom. The second-order valence-electron chi connectivity index (χ2n) is 7.47. The topological polar surface area (TPSA) is 101 Å². The van der Waals surface area contributed by atoms with Gasteiger partial charge in [0.25, 0.3) is 11.6 Å². The van der Waals surface area contributed by atoms with E-state index in [4.69, 9.17) is 0 Å². The summed E-state index contributed by atoms with van der Waals surface area (Å²) >= 11 is 0.973. The van der Waals surface area contributed by atoms with E-state index in [1.54, 1.807) is 18.2 Å². The van der Waals surface area contributed by atoms with Crippen LogP contribution in [0.3, 0.4) is 0 Å². The van der Waals surface area contributed by atoms with Crippen LogP contribution in [-0.4, -0.2) is 23.3 Å². The summed E-state index contributed by atoms with van der Waals surface area (Å²) in [6.07, 6.45) is 0. The van der Waals surface area contributed by atoms with Gasteiger partial charge >= 0.3 is 0 Å². The largest absolute Gasteiger partial charge is 0.343 e. The fraction of sp³-hybridized carbons (Fsp3) is 0.167. The molecule has 0 saturated carbocycles. The predicted octanol–water partition coefficient (Wildman–Crippen LogP) is 5.18. The fourth-order valence-electron chi connectivity index (χ4n) is 3.36. The molecular formula is C24H22FN3O4S. The molecule has 0 aliphatic rings. The number of benzene rings is 3. The van der Waals surface area contributed by atoms with Crippen LogP contribution in [0.15, 0.2) is 64.4 Å². The van der Waals surface area contributed by atoms with Crippen LogP contribution in [0, 0.1) is 36.7 Å². The van der Waals surface area contributed by atoms with Gasteiger partial charge in [0.1, 0.15) is 5.82 Å². The van der Waals surface area contributed by atoms with Crippen molar-refractivity contribution in [2.45, 2.75) is 30.6 Å². The first-order valence-corrected chi connectivity index (χ1v) is 10.8. The zero-order valence-corrected chi connectivity index (χ0v) is 19.1. The molecular weight excluding hydrogens is 445 g/mol. The van der Waals surface area contributed by atoms with Crippen LogP contribution >= 0.6 is 11.8 Å². The number of hydrogen-bond donors (Lipinski definition) is 2. The molecule has 0 heterocycles. The summed E-state index contributed by atoms with van der Waals surface area (Å²) in [5.41, 5.74) is 3.23. The standard InChI is InChI=1S/C24H22FN3O4S/c1-14-10-15(2)23(16(3)11-14)27-22(29)13-26-24(30)18-12-17(28(31)32)8-9-20(18)33-21-7-5-4-6-19(21)25/h4-12H,13H2,1-3H3,(H,26,30)(H,27,29). The van der Waals surface area contributed by atoms with E-state index in [0.29, 0.717) is 10.6 Å². The van der Waals surface area contributed by atoms with Crippen LogP contribution in [0.25, 0.3) is 0 Å². The Kier molecular flexibility index (Phi) is 7.44. The normalized spacial score (nSPS) is 10.5. The molecule has 2 N–H and O–H groups in total. The number of nitro groups is 1. The molecule has 0 saturated heterocycles. The molecule has 7 nitrogen and oxygen atoms in total. The number of nitrogens with zero attached hydrogens (tertiary/aromatic N) is 1. The monoisotopic (exact) mass is 467 g/mol. The molecule has 33 heavy (non-hydrogen) atoms. The number of non-ortho nitro benzene ring substituents is 1. The van der Waals surface area contributed by atoms with E-state index in [0.717, 1.165) is 34.5 Å². The highest BCUT2D eigenvalue weighted by Crippen LogP contribution is 2.34. The van der Waals surface area contributed by atoms with Gasteiger partial charge in [-0.25, -0.2) is 4.39 Å². The van der Waals surface area contributed by atoms with E-state index in [1.807, 2.05) is 32.9 Å². The second kappa shape index (κ2) is 10.3. The first kappa shape index (κ1) is 23.9. The van der Waals surface area contributed by atoms with Crippen molar-refractivity contribution in [3.05, 3.63) is 92.8 Å². The van der Waals surface area contributed by atoms with Crippen molar-refractivity contribution in [2.24, 2.45) is 0 Å². The predicted molar refractivity (Wildman–Crippen MR) is 125 cm³/mol. The van der Waals surface area contributed by atoms with Gasteiger partial charge in [0.05, 0.1) is 17.0 Å². The Morgan fingerprint density at radius 2 is 1.67 bits per heavy atom. The zero-order chi connectivity index (χ0) is 24.1. The highest BCUT2D eigenvalue weighted by Gasteiger charge is 2.19. The van der Waals surface area contributed by atoms with Crippen molar-refractivity contribution >= 4 is 35.0 Å². The third-order valence-corrected chi connectivity index (χ3v) is 5.95. The van der Waals surface area contributed by atoms with Gasteiger partial charge in [-0.2, -0.15) is 0 Å². The van der Waals surface area contributed by atoms with Gasteiger partial charge in [-0.3, -0.25) is 19.7 Å². The molecule has 0 unspecified atom stereocenters. The molecule has 3 rings (SSSR count). The van der Waals surface area contributed by atoms with Crippen molar-refractivity contribution in [1.82, 2.24) is 5.32 Å². The van der Waals surface area contributed by atoms with E-state index >= 15 is 0 Å². The number of nitrogens with one attached hydrogen (secondary N) is 2. The molecule has 0 fully saturated rings. The summed E-state index contributed by atoms with van der Waals surface area (Å²) < 4.78 is 14.1. The Labute approximate surface area is 194 Å². The fourth-order valence-corrected chi connectivity index (χ4v) is 4.31. The number of rotatable bonds is 7. The van der Waals surface area contributed by atoms with Gasteiger partial charge in [0.15, 0.2) is 0 Å². The lowest BCUT2D eigenvalue weighted by atomic mass is 10.1. The molecule has 2 amide bonds. The van der Waals surface area contributed by atoms with E-state index in [2.05, 4.69) is 10.6 Å². The number of carbonyl (C=O) groups is 2. The molecule has 0 aromatic heterocycles. The van der Waals surface area contributed by atoms with Crippen LogP contribution < -0.4 is 10.6 Å². The van der Waals surface area contributed by atoms with Gasteiger partial charge in [-0.15, -0.1) is 0 Å². The molecule has 3 aromatic carbocycles. The minimum atomic E-state index is -0.676. The average molecular weight is 468 g/mol. The second-order valence-corrected chi connectivity index (χ2v) is 8.56. The molecule has 0 bridgehead atoms. The quantitative estimate of drug-likeness (QED) is 0.368. The molecule has 0 spiro atoms. The Hall–Kier alpha value is -3.72. The number of amides is 2. The van der Waals surface area contributed by atoms with Gasteiger partial charge < -0.3 is 10.6 Å². The molecule has 9 heteroatoms. The SMILES string of the molecule is Cc1cc(C)c(NC(=O)CNC(=O)c2cc([N+](=O)[O-])ccc2Sc2ccccc2F)c(C)c1.